The number of hydrogen-bond acceptors (Lipinski definition) is 5. The second kappa shape index (κ2) is 4.52. The van der Waals surface area contributed by atoms with Crippen LogP contribution >= 0.6 is 0 Å². The van der Waals surface area contributed by atoms with E-state index in [1.807, 2.05) is 0 Å². The summed E-state index contributed by atoms with van der Waals surface area (Å²) in [6.45, 7) is 0. The van der Waals surface area contributed by atoms with Crippen molar-refractivity contribution in [1.29, 1.82) is 0 Å². The SMILES string of the molecule is O=CC=NOS(=O)(=O)c1ccccc1. The zero-order valence-electron chi connectivity index (χ0n) is 7.03. The van der Waals surface area contributed by atoms with Crippen molar-refractivity contribution in [3.8, 4) is 0 Å². The highest BCUT2D eigenvalue weighted by atomic mass is 32.2. The van der Waals surface area contributed by atoms with Crippen molar-refractivity contribution in [3.05, 3.63) is 30.3 Å². The molecule has 0 radical (unpaired) electrons. The highest BCUT2D eigenvalue weighted by molar-refractivity contribution is 7.86. The van der Waals surface area contributed by atoms with Crippen molar-refractivity contribution in [2.24, 2.45) is 5.16 Å². The first-order valence-corrected chi connectivity index (χ1v) is 5.03. The Morgan fingerprint density at radius 1 is 1.21 bits per heavy atom. The summed E-state index contributed by atoms with van der Waals surface area (Å²) in [5.41, 5.74) is 0. The number of rotatable bonds is 4. The van der Waals surface area contributed by atoms with Gasteiger partial charge < -0.3 is 0 Å². The highest BCUT2D eigenvalue weighted by Gasteiger charge is 2.13. The first-order chi connectivity index (χ1) is 6.67. The van der Waals surface area contributed by atoms with Gasteiger partial charge in [0.25, 0.3) is 0 Å². The molecule has 0 aliphatic heterocycles. The lowest BCUT2D eigenvalue weighted by Gasteiger charge is -1.98. The molecule has 1 rings (SSSR count). The van der Waals surface area contributed by atoms with Gasteiger partial charge in [0.2, 0.25) is 0 Å². The van der Waals surface area contributed by atoms with E-state index < -0.39 is 10.1 Å². The summed E-state index contributed by atoms with van der Waals surface area (Å²) in [6.07, 6.45) is 1.03. The molecular weight excluding hydrogens is 206 g/mol. The minimum absolute atomic E-state index is 0.0111. The molecule has 0 bridgehead atoms. The molecule has 0 atom stereocenters. The molecule has 0 spiro atoms. The monoisotopic (exact) mass is 213 g/mol. The van der Waals surface area contributed by atoms with E-state index in [2.05, 4.69) is 9.44 Å². The van der Waals surface area contributed by atoms with Gasteiger partial charge in [0, 0.05) is 0 Å². The largest absolute Gasteiger partial charge is 0.358 e. The number of hydrogen-bond donors (Lipinski definition) is 0. The van der Waals surface area contributed by atoms with Crippen LogP contribution in [0, 0.1) is 0 Å². The maximum atomic E-state index is 11.3. The van der Waals surface area contributed by atoms with Crippen LogP contribution in [0.1, 0.15) is 0 Å². The minimum atomic E-state index is -3.89. The molecule has 1 aromatic carbocycles. The average Bonchev–Trinajstić information content (AvgIpc) is 2.19. The predicted octanol–water partition coefficient (Wildman–Crippen LogP) is 0.577. The standard InChI is InChI=1S/C8H7NO4S/c10-7-6-9-13-14(11,12)8-4-2-1-3-5-8/h1-7H. The van der Waals surface area contributed by atoms with E-state index in [4.69, 9.17) is 0 Å². The number of nitrogens with zero attached hydrogens (tertiary/aromatic N) is 1. The van der Waals surface area contributed by atoms with Gasteiger partial charge >= 0.3 is 10.1 Å². The van der Waals surface area contributed by atoms with E-state index in [1.54, 1.807) is 18.2 Å². The Bertz CT molecular complexity index is 424. The van der Waals surface area contributed by atoms with Crippen molar-refractivity contribution in [2.75, 3.05) is 0 Å². The van der Waals surface area contributed by atoms with Crippen molar-refractivity contribution in [3.63, 3.8) is 0 Å². The van der Waals surface area contributed by atoms with Crippen LogP contribution in [0.3, 0.4) is 0 Å². The topological polar surface area (TPSA) is 72.8 Å². The Morgan fingerprint density at radius 2 is 1.86 bits per heavy atom. The molecule has 0 saturated carbocycles. The fourth-order valence-electron chi connectivity index (χ4n) is 0.737. The van der Waals surface area contributed by atoms with Crippen LogP contribution in [-0.4, -0.2) is 20.9 Å². The van der Waals surface area contributed by atoms with Crippen molar-refractivity contribution in [2.45, 2.75) is 4.90 Å². The third-order valence-electron chi connectivity index (χ3n) is 1.29. The molecule has 0 fully saturated rings. The smallest absolute Gasteiger partial charge is 0.297 e. The molecule has 0 unspecified atom stereocenters. The van der Waals surface area contributed by atoms with Crippen LogP contribution in [-0.2, 0) is 19.2 Å². The maximum absolute atomic E-state index is 11.3. The zero-order valence-corrected chi connectivity index (χ0v) is 7.85. The number of carbonyl (C=O) groups is 1. The maximum Gasteiger partial charge on any atom is 0.358 e. The normalized spacial score (nSPS) is 11.4. The lowest BCUT2D eigenvalue weighted by Crippen LogP contribution is -2.02. The number of aldehydes is 1. The molecule has 1 aromatic rings. The molecule has 0 heterocycles. The second-order valence-electron chi connectivity index (χ2n) is 2.23. The quantitative estimate of drug-likeness (QED) is 0.416. The molecule has 5 nitrogen and oxygen atoms in total. The molecule has 0 aliphatic rings. The van der Waals surface area contributed by atoms with E-state index in [9.17, 15) is 13.2 Å². The van der Waals surface area contributed by atoms with Gasteiger partial charge in [-0.1, -0.05) is 23.4 Å². The first kappa shape index (κ1) is 10.4. The third-order valence-corrected chi connectivity index (χ3v) is 2.43. The molecule has 0 amide bonds. The van der Waals surface area contributed by atoms with E-state index in [0.29, 0.717) is 12.5 Å². The predicted molar refractivity (Wildman–Crippen MR) is 49.3 cm³/mol. The molecule has 0 aromatic heterocycles. The van der Waals surface area contributed by atoms with Gasteiger partial charge in [0.15, 0.2) is 6.29 Å². The molecular formula is C8H7NO4S. The minimum Gasteiger partial charge on any atom is -0.297 e. The first-order valence-electron chi connectivity index (χ1n) is 3.62. The van der Waals surface area contributed by atoms with Crippen LogP contribution in [0.4, 0.5) is 0 Å². The molecule has 6 heteroatoms. The van der Waals surface area contributed by atoms with E-state index in [-0.39, 0.29) is 4.90 Å². The Balaban J connectivity index is 2.87. The van der Waals surface area contributed by atoms with E-state index >= 15 is 0 Å². The van der Waals surface area contributed by atoms with Gasteiger partial charge in [0.1, 0.15) is 11.1 Å². The van der Waals surface area contributed by atoms with Crippen molar-refractivity contribution in [1.82, 2.24) is 0 Å². The number of oxime groups is 1. The molecule has 74 valence electrons. The second-order valence-corrected chi connectivity index (χ2v) is 3.76. The fraction of sp³-hybridized carbons (Fsp3) is 0. The van der Waals surface area contributed by atoms with E-state index in [1.165, 1.54) is 12.1 Å². The summed E-state index contributed by atoms with van der Waals surface area (Å²) in [6, 6.07) is 7.52. The Kier molecular flexibility index (Phi) is 3.35. The third kappa shape index (κ3) is 2.67. The summed E-state index contributed by atoms with van der Waals surface area (Å²) in [5, 5.41) is 2.96. The van der Waals surface area contributed by atoms with Crippen LogP contribution in [0.25, 0.3) is 0 Å². The average molecular weight is 213 g/mol. The summed E-state index contributed by atoms with van der Waals surface area (Å²) in [5.74, 6) is 0. The zero-order chi connectivity index (χ0) is 10.4. The number of carbonyl (C=O) groups excluding carboxylic acids is 1. The fourth-order valence-corrected chi connectivity index (χ4v) is 1.48. The van der Waals surface area contributed by atoms with Gasteiger partial charge in [-0.2, -0.15) is 8.42 Å². The summed E-state index contributed by atoms with van der Waals surface area (Å²) in [7, 11) is -3.89. The van der Waals surface area contributed by atoms with Crippen LogP contribution in [0.15, 0.2) is 40.4 Å². The Hall–Kier alpha value is -1.69. The van der Waals surface area contributed by atoms with Crippen LogP contribution < -0.4 is 0 Å². The van der Waals surface area contributed by atoms with Crippen molar-refractivity contribution >= 4 is 22.6 Å². The van der Waals surface area contributed by atoms with Crippen LogP contribution in [0.2, 0.25) is 0 Å². The highest BCUT2D eigenvalue weighted by Crippen LogP contribution is 2.10. The molecule has 0 aliphatic carbocycles. The van der Waals surface area contributed by atoms with Gasteiger partial charge in [-0.05, 0) is 12.1 Å². The summed E-state index contributed by atoms with van der Waals surface area (Å²) >= 11 is 0. The van der Waals surface area contributed by atoms with E-state index in [0.717, 1.165) is 0 Å². The van der Waals surface area contributed by atoms with Crippen LogP contribution in [0.5, 0.6) is 0 Å². The molecule has 14 heavy (non-hydrogen) atoms. The molecule has 0 saturated heterocycles. The number of benzene rings is 1. The summed E-state index contributed by atoms with van der Waals surface area (Å²) < 4.78 is 26.7. The van der Waals surface area contributed by atoms with Gasteiger partial charge in [-0.3, -0.25) is 9.08 Å². The Labute approximate surface area is 81.1 Å². The lowest BCUT2D eigenvalue weighted by atomic mass is 10.4. The van der Waals surface area contributed by atoms with Gasteiger partial charge in [-0.15, -0.1) is 0 Å². The summed E-state index contributed by atoms with van der Waals surface area (Å²) in [4.78, 5) is 9.79. The Morgan fingerprint density at radius 3 is 2.43 bits per heavy atom. The molecule has 0 N–H and O–H groups in total. The lowest BCUT2D eigenvalue weighted by molar-refractivity contribution is -0.102. The van der Waals surface area contributed by atoms with Gasteiger partial charge in [0.05, 0.1) is 0 Å². The van der Waals surface area contributed by atoms with Gasteiger partial charge in [-0.25, -0.2) is 0 Å². The van der Waals surface area contributed by atoms with Crippen molar-refractivity contribution < 1.29 is 17.5 Å².